The fourth-order valence-electron chi connectivity index (χ4n) is 4.06. The van der Waals surface area contributed by atoms with Crippen molar-refractivity contribution in [2.45, 2.75) is 76.3 Å². The van der Waals surface area contributed by atoms with Crippen LogP contribution in [0.3, 0.4) is 0 Å². The van der Waals surface area contributed by atoms with E-state index in [2.05, 4.69) is 13.8 Å². The molecule has 0 spiro atoms. The van der Waals surface area contributed by atoms with Crippen LogP contribution in [0.4, 0.5) is 0 Å². The first-order chi connectivity index (χ1) is 16.5. The molecule has 2 rings (SSSR count). The summed E-state index contributed by atoms with van der Waals surface area (Å²) in [5.74, 6) is 1.60. The van der Waals surface area contributed by atoms with Crippen LogP contribution in [0.15, 0.2) is 54.6 Å². The molecule has 6 heteroatoms. The minimum Gasteiger partial charge on any atom is -0.497 e. The summed E-state index contributed by atoms with van der Waals surface area (Å²) < 4.78 is 5.34. The molecule has 0 saturated carbocycles. The molecule has 0 radical (unpaired) electrons. The number of ether oxygens (including phenoxy) is 1. The van der Waals surface area contributed by atoms with Gasteiger partial charge in [-0.05, 0) is 42.5 Å². The molecule has 1 amide bonds. The van der Waals surface area contributed by atoms with E-state index in [9.17, 15) is 9.90 Å². The van der Waals surface area contributed by atoms with E-state index in [-0.39, 0.29) is 12.5 Å². The third-order valence-corrected chi connectivity index (χ3v) is 7.35. The highest BCUT2D eigenvalue weighted by Crippen LogP contribution is 2.23. The lowest BCUT2D eigenvalue weighted by atomic mass is 10.0. The maximum atomic E-state index is 13.2. The predicted octanol–water partition coefficient (Wildman–Crippen LogP) is 5.05. The van der Waals surface area contributed by atoms with E-state index in [4.69, 9.17) is 10.5 Å². The zero-order chi connectivity index (χ0) is 24.8. The lowest BCUT2D eigenvalue weighted by molar-refractivity contribution is -0.133. The number of carbonyl (C=O) groups excluding carboxylic acids is 1. The van der Waals surface area contributed by atoms with Crippen LogP contribution in [0.1, 0.15) is 57.1 Å². The van der Waals surface area contributed by atoms with Gasteiger partial charge in [-0.25, -0.2) is 0 Å². The average molecular weight is 487 g/mol. The summed E-state index contributed by atoms with van der Waals surface area (Å²) >= 11 is 1.90. The lowest BCUT2D eigenvalue weighted by Crippen LogP contribution is -2.46. The highest BCUT2D eigenvalue weighted by atomic mass is 32.2. The molecule has 3 N–H and O–H groups in total. The lowest BCUT2D eigenvalue weighted by Gasteiger charge is -2.29. The van der Waals surface area contributed by atoms with Gasteiger partial charge in [-0.2, -0.15) is 11.8 Å². The number of hydrogen-bond acceptors (Lipinski definition) is 5. The van der Waals surface area contributed by atoms with Crippen LogP contribution >= 0.6 is 11.8 Å². The normalized spacial score (nSPS) is 13.0. The highest BCUT2D eigenvalue weighted by Gasteiger charge is 2.23. The second-order valence-electron chi connectivity index (χ2n) is 8.87. The third kappa shape index (κ3) is 10.1. The molecule has 0 aliphatic rings. The Labute approximate surface area is 210 Å². The first-order valence-electron chi connectivity index (χ1n) is 12.5. The molecule has 2 atom stereocenters. The standard InChI is InChI=1S/C28H42N2O3S/c1-4-10-25(11-5-2)34-17-16-28(32)30(20-23-14-9-15-24(18-23)33-3)21-27(31)26(29)19-22-12-7-6-8-13-22/h6-9,12-15,18,25-27,31H,4-5,10-11,16-17,19-21,29H2,1-3H3/t26-,27+/m0/s1. The number of methoxy groups -OCH3 is 1. The fraction of sp³-hybridized carbons (Fsp3) is 0.536. The first-order valence-corrected chi connectivity index (χ1v) is 13.5. The molecule has 0 heterocycles. The van der Waals surface area contributed by atoms with Crippen molar-refractivity contribution >= 4 is 17.7 Å². The van der Waals surface area contributed by atoms with Crippen molar-refractivity contribution in [2.24, 2.45) is 5.73 Å². The molecule has 2 aromatic rings. The zero-order valence-corrected chi connectivity index (χ0v) is 21.8. The van der Waals surface area contributed by atoms with Gasteiger partial charge in [-0.15, -0.1) is 0 Å². The summed E-state index contributed by atoms with van der Waals surface area (Å²) in [4.78, 5) is 15.0. The van der Waals surface area contributed by atoms with Crippen molar-refractivity contribution in [1.82, 2.24) is 4.90 Å². The van der Waals surface area contributed by atoms with Gasteiger partial charge in [0.15, 0.2) is 0 Å². The van der Waals surface area contributed by atoms with Crippen LogP contribution in [0, 0.1) is 0 Å². The molecule has 188 valence electrons. The molecule has 0 unspecified atom stereocenters. The fourth-order valence-corrected chi connectivity index (χ4v) is 5.49. The third-order valence-electron chi connectivity index (χ3n) is 5.97. The molecule has 0 saturated heterocycles. The van der Waals surface area contributed by atoms with E-state index in [1.807, 2.05) is 66.4 Å². The largest absolute Gasteiger partial charge is 0.497 e. The van der Waals surface area contributed by atoms with Crippen LogP contribution in [0.25, 0.3) is 0 Å². The Hall–Kier alpha value is -2.02. The number of nitrogens with two attached hydrogens (primary N) is 1. The number of carbonyl (C=O) groups is 1. The minimum atomic E-state index is -0.810. The Morgan fingerprint density at radius 2 is 1.74 bits per heavy atom. The average Bonchev–Trinajstić information content (AvgIpc) is 2.84. The minimum absolute atomic E-state index is 0.0491. The summed E-state index contributed by atoms with van der Waals surface area (Å²) in [5.41, 5.74) is 8.38. The Kier molecular flexibility index (Phi) is 13.1. The maximum Gasteiger partial charge on any atom is 0.223 e. The van der Waals surface area contributed by atoms with Crippen LogP contribution in [-0.2, 0) is 17.8 Å². The van der Waals surface area contributed by atoms with Crippen molar-refractivity contribution in [3.05, 3.63) is 65.7 Å². The number of amides is 1. The monoisotopic (exact) mass is 486 g/mol. The van der Waals surface area contributed by atoms with Gasteiger partial charge < -0.3 is 20.5 Å². The molecule has 34 heavy (non-hydrogen) atoms. The zero-order valence-electron chi connectivity index (χ0n) is 21.0. The summed E-state index contributed by atoms with van der Waals surface area (Å²) in [6, 6.07) is 17.2. The smallest absolute Gasteiger partial charge is 0.223 e. The van der Waals surface area contributed by atoms with Gasteiger partial charge in [-0.1, -0.05) is 69.2 Å². The number of rotatable bonds is 16. The number of aliphatic hydroxyl groups excluding tert-OH is 1. The van der Waals surface area contributed by atoms with Gasteiger partial charge >= 0.3 is 0 Å². The van der Waals surface area contributed by atoms with E-state index >= 15 is 0 Å². The van der Waals surface area contributed by atoms with Gasteiger partial charge in [0.1, 0.15) is 5.75 Å². The Bertz CT molecular complexity index is 827. The van der Waals surface area contributed by atoms with Gasteiger partial charge in [0, 0.05) is 36.6 Å². The highest BCUT2D eigenvalue weighted by molar-refractivity contribution is 7.99. The summed E-state index contributed by atoms with van der Waals surface area (Å²) in [5, 5.41) is 11.5. The van der Waals surface area contributed by atoms with Crippen molar-refractivity contribution in [1.29, 1.82) is 0 Å². The van der Waals surface area contributed by atoms with Gasteiger partial charge in [0.05, 0.1) is 13.2 Å². The number of hydrogen-bond donors (Lipinski definition) is 2. The van der Waals surface area contributed by atoms with Crippen molar-refractivity contribution < 1.29 is 14.6 Å². The molecule has 2 aromatic carbocycles. The van der Waals surface area contributed by atoms with E-state index < -0.39 is 12.1 Å². The molecular weight excluding hydrogens is 444 g/mol. The number of aliphatic hydroxyl groups is 1. The van der Waals surface area contributed by atoms with Crippen LogP contribution in [0.5, 0.6) is 5.75 Å². The molecule has 0 bridgehead atoms. The summed E-state index contributed by atoms with van der Waals surface area (Å²) in [6.45, 7) is 5.06. The number of nitrogens with zero attached hydrogens (tertiary/aromatic N) is 1. The van der Waals surface area contributed by atoms with E-state index in [1.165, 1.54) is 25.7 Å². The number of benzene rings is 2. The Morgan fingerprint density at radius 3 is 2.38 bits per heavy atom. The van der Waals surface area contributed by atoms with Gasteiger partial charge in [0.25, 0.3) is 0 Å². The van der Waals surface area contributed by atoms with Crippen LogP contribution < -0.4 is 10.5 Å². The topological polar surface area (TPSA) is 75.8 Å². The van der Waals surface area contributed by atoms with Crippen LogP contribution in [0.2, 0.25) is 0 Å². The second kappa shape index (κ2) is 15.8. The second-order valence-corrected chi connectivity index (χ2v) is 10.3. The van der Waals surface area contributed by atoms with Gasteiger partial charge in [-0.3, -0.25) is 4.79 Å². The van der Waals surface area contributed by atoms with Crippen molar-refractivity contribution in [2.75, 3.05) is 19.4 Å². The molecule has 5 nitrogen and oxygen atoms in total. The van der Waals surface area contributed by atoms with Gasteiger partial charge in [0.2, 0.25) is 5.91 Å². The van der Waals surface area contributed by atoms with E-state index in [0.717, 1.165) is 22.6 Å². The molecule has 0 aromatic heterocycles. The Morgan fingerprint density at radius 1 is 1.06 bits per heavy atom. The van der Waals surface area contributed by atoms with Crippen molar-refractivity contribution in [3.8, 4) is 5.75 Å². The van der Waals surface area contributed by atoms with E-state index in [0.29, 0.717) is 24.6 Å². The first kappa shape index (κ1) is 28.2. The van der Waals surface area contributed by atoms with Crippen molar-refractivity contribution in [3.63, 3.8) is 0 Å². The molecule has 0 aliphatic carbocycles. The Balaban J connectivity index is 2.04. The molecule has 0 fully saturated rings. The van der Waals surface area contributed by atoms with E-state index in [1.54, 1.807) is 12.0 Å². The molecule has 0 aliphatic heterocycles. The quantitative estimate of drug-likeness (QED) is 0.347. The number of thioether (sulfide) groups is 1. The SMILES string of the molecule is CCCC(CCC)SCCC(=O)N(Cc1cccc(OC)c1)C[C@@H](O)[C@@H](N)Cc1ccccc1. The summed E-state index contributed by atoms with van der Waals surface area (Å²) in [7, 11) is 1.63. The maximum absolute atomic E-state index is 13.2. The van der Waals surface area contributed by atoms with Crippen LogP contribution in [-0.4, -0.2) is 52.7 Å². The molecular formula is C28H42N2O3S. The predicted molar refractivity (Wildman–Crippen MR) is 143 cm³/mol. The summed E-state index contributed by atoms with van der Waals surface area (Å²) in [6.07, 6.45) is 4.92.